The standard InChI is InChI=1S/C14H16N6O3/c21-11-17-6-8-18(9-7-17)14(23)10-20-13(22)3-2-12(16-20)19-5-1-4-15-19/h1-5,11H,6-10H2. The van der Waals surface area contributed by atoms with E-state index in [4.69, 9.17) is 0 Å². The Kier molecular flexibility index (Phi) is 4.18. The van der Waals surface area contributed by atoms with Gasteiger partial charge < -0.3 is 9.80 Å². The maximum atomic E-state index is 12.3. The van der Waals surface area contributed by atoms with Crippen molar-refractivity contribution in [2.45, 2.75) is 6.54 Å². The smallest absolute Gasteiger partial charge is 0.267 e. The molecular weight excluding hydrogens is 300 g/mol. The lowest BCUT2D eigenvalue weighted by Gasteiger charge is -2.32. The van der Waals surface area contributed by atoms with Gasteiger partial charge >= 0.3 is 0 Å². The van der Waals surface area contributed by atoms with Gasteiger partial charge in [-0.3, -0.25) is 14.4 Å². The molecule has 1 aliphatic rings. The van der Waals surface area contributed by atoms with Crippen LogP contribution < -0.4 is 5.56 Å². The number of aromatic nitrogens is 4. The molecule has 3 heterocycles. The summed E-state index contributed by atoms with van der Waals surface area (Å²) in [4.78, 5) is 38.1. The second kappa shape index (κ2) is 6.42. The van der Waals surface area contributed by atoms with Gasteiger partial charge in [-0.25, -0.2) is 9.36 Å². The van der Waals surface area contributed by atoms with Crippen LogP contribution in [0.5, 0.6) is 0 Å². The van der Waals surface area contributed by atoms with Crippen molar-refractivity contribution in [1.29, 1.82) is 0 Å². The van der Waals surface area contributed by atoms with Crippen LogP contribution in [0.15, 0.2) is 35.4 Å². The zero-order chi connectivity index (χ0) is 16.2. The van der Waals surface area contributed by atoms with Crippen LogP contribution >= 0.6 is 0 Å². The molecular formula is C14H16N6O3. The molecule has 9 heteroatoms. The molecule has 0 aromatic carbocycles. The minimum atomic E-state index is -0.346. The van der Waals surface area contributed by atoms with E-state index in [0.29, 0.717) is 32.0 Å². The summed E-state index contributed by atoms with van der Waals surface area (Å²) in [5.74, 6) is 0.274. The number of piperazine rings is 1. The SMILES string of the molecule is O=CN1CCN(C(=O)Cn2nc(-n3cccn3)ccc2=O)CC1. The number of hydrogen-bond donors (Lipinski definition) is 0. The molecule has 0 N–H and O–H groups in total. The fourth-order valence-corrected chi connectivity index (χ4v) is 2.38. The van der Waals surface area contributed by atoms with Crippen LogP contribution in [-0.4, -0.2) is 67.9 Å². The van der Waals surface area contributed by atoms with E-state index in [1.165, 1.54) is 10.7 Å². The summed E-state index contributed by atoms with van der Waals surface area (Å²) in [6.07, 6.45) is 4.09. The Hall–Kier alpha value is -2.97. The zero-order valence-corrected chi connectivity index (χ0v) is 12.4. The van der Waals surface area contributed by atoms with Crippen LogP contribution in [0.3, 0.4) is 0 Å². The van der Waals surface area contributed by atoms with Crippen LogP contribution in [0, 0.1) is 0 Å². The molecule has 1 aliphatic heterocycles. The van der Waals surface area contributed by atoms with Gasteiger partial charge in [-0.15, -0.1) is 5.10 Å². The maximum Gasteiger partial charge on any atom is 0.267 e. The molecule has 9 nitrogen and oxygen atoms in total. The summed E-state index contributed by atoms with van der Waals surface area (Å²) in [7, 11) is 0. The van der Waals surface area contributed by atoms with Crippen molar-refractivity contribution in [2.75, 3.05) is 26.2 Å². The maximum absolute atomic E-state index is 12.3. The minimum absolute atomic E-state index is 0.130. The normalized spacial score (nSPS) is 14.8. The highest BCUT2D eigenvalue weighted by atomic mass is 16.2. The highest BCUT2D eigenvalue weighted by Gasteiger charge is 2.21. The van der Waals surface area contributed by atoms with Crippen molar-refractivity contribution in [3.63, 3.8) is 0 Å². The first-order valence-electron chi connectivity index (χ1n) is 7.23. The van der Waals surface area contributed by atoms with Crippen LogP contribution in [0.4, 0.5) is 0 Å². The predicted octanol–water partition coefficient (Wildman–Crippen LogP) is -1.27. The van der Waals surface area contributed by atoms with Crippen LogP contribution in [-0.2, 0) is 16.1 Å². The quantitative estimate of drug-likeness (QED) is 0.656. The second-order valence-electron chi connectivity index (χ2n) is 5.16. The Balaban J connectivity index is 1.72. The molecule has 0 atom stereocenters. The number of carbonyl (C=O) groups is 2. The van der Waals surface area contributed by atoms with E-state index in [0.717, 1.165) is 11.1 Å². The van der Waals surface area contributed by atoms with Crippen molar-refractivity contribution >= 4 is 12.3 Å². The summed E-state index contributed by atoms with van der Waals surface area (Å²) in [5.41, 5.74) is -0.346. The van der Waals surface area contributed by atoms with Crippen molar-refractivity contribution in [2.24, 2.45) is 0 Å². The fourth-order valence-electron chi connectivity index (χ4n) is 2.38. The van der Waals surface area contributed by atoms with Crippen molar-refractivity contribution in [3.05, 3.63) is 40.9 Å². The molecule has 1 saturated heterocycles. The van der Waals surface area contributed by atoms with E-state index in [1.54, 1.807) is 34.3 Å². The van der Waals surface area contributed by atoms with Crippen molar-refractivity contribution < 1.29 is 9.59 Å². The molecule has 2 amide bonds. The summed E-state index contributed by atoms with van der Waals surface area (Å²) in [5, 5.41) is 8.22. The number of carbonyl (C=O) groups excluding carboxylic acids is 2. The molecule has 0 spiro atoms. The highest BCUT2D eigenvalue weighted by Crippen LogP contribution is 2.02. The molecule has 2 aromatic rings. The van der Waals surface area contributed by atoms with E-state index in [1.807, 2.05) is 0 Å². The fraction of sp³-hybridized carbons (Fsp3) is 0.357. The molecule has 0 saturated carbocycles. The average molecular weight is 316 g/mol. The number of amides is 2. The lowest BCUT2D eigenvalue weighted by molar-refractivity contribution is -0.135. The molecule has 0 radical (unpaired) electrons. The van der Waals surface area contributed by atoms with E-state index >= 15 is 0 Å². The molecule has 0 aliphatic carbocycles. The van der Waals surface area contributed by atoms with Crippen LogP contribution in [0.1, 0.15) is 0 Å². The third kappa shape index (κ3) is 3.28. The van der Waals surface area contributed by atoms with Gasteiger partial charge in [0.2, 0.25) is 12.3 Å². The molecule has 120 valence electrons. The van der Waals surface area contributed by atoms with Gasteiger partial charge in [0, 0.05) is 44.6 Å². The monoisotopic (exact) mass is 316 g/mol. The van der Waals surface area contributed by atoms with Gasteiger partial charge in [0.15, 0.2) is 5.82 Å². The summed E-state index contributed by atoms with van der Waals surface area (Å²) in [6.45, 7) is 1.81. The van der Waals surface area contributed by atoms with E-state index in [9.17, 15) is 14.4 Å². The van der Waals surface area contributed by atoms with Gasteiger partial charge in [0.1, 0.15) is 6.54 Å². The lowest BCUT2D eigenvalue weighted by atomic mass is 10.3. The molecule has 1 fully saturated rings. The Bertz CT molecular complexity index is 746. The Morgan fingerprint density at radius 3 is 2.65 bits per heavy atom. The predicted molar refractivity (Wildman–Crippen MR) is 79.8 cm³/mol. The van der Waals surface area contributed by atoms with Gasteiger partial charge in [-0.2, -0.15) is 5.10 Å². The highest BCUT2D eigenvalue weighted by molar-refractivity contribution is 5.76. The Morgan fingerprint density at radius 2 is 2.00 bits per heavy atom. The molecule has 0 bridgehead atoms. The third-order valence-corrected chi connectivity index (χ3v) is 3.69. The van der Waals surface area contributed by atoms with E-state index in [-0.39, 0.29) is 18.0 Å². The van der Waals surface area contributed by atoms with Crippen molar-refractivity contribution in [1.82, 2.24) is 29.4 Å². The lowest BCUT2D eigenvalue weighted by Crippen LogP contribution is -2.49. The summed E-state index contributed by atoms with van der Waals surface area (Å²) in [6, 6.07) is 4.66. The first kappa shape index (κ1) is 14.9. The van der Waals surface area contributed by atoms with Crippen molar-refractivity contribution in [3.8, 4) is 5.82 Å². The van der Waals surface area contributed by atoms with Gasteiger partial charge in [-0.1, -0.05) is 0 Å². The molecule has 3 rings (SSSR count). The van der Waals surface area contributed by atoms with Gasteiger partial charge in [-0.05, 0) is 12.1 Å². The van der Waals surface area contributed by atoms with Gasteiger partial charge in [0.05, 0.1) is 0 Å². The van der Waals surface area contributed by atoms with Crippen LogP contribution in [0.25, 0.3) is 5.82 Å². The summed E-state index contributed by atoms with van der Waals surface area (Å²) >= 11 is 0. The first-order chi connectivity index (χ1) is 11.2. The first-order valence-corrected chi connectivity index (χ1v) is 7.23. The Labute approximate surface area is 131 Å². The number of hydrogen-bond acceptors (Lipinski definition) is 5. The second-order valence-corrected chi connectivity index (χ2v) is 5.16. The number of rotatable bonds is 4. The molecule has 0 unspecified atom stereocenters. The topological polar surface area (TPSA) is 93.3 Å². The Morgan fingerprint density at radius 1 is 1.22 bits per heavy atom. The third-order valence-electron chi connectivity index (χ3n) is 3.69. The van der Waals surface area contributed by atoms with Gasteiger partial charge in [0.25, 0.3) is 5.56 Å². The zero-order valence-electron chi connectivity index (χ0n) is 12.4. The van der Waals surface area contributed by atoms with E-state index in [2.05, 4.69) is 10.2 Å². The molecule has 2 aromatic heterocycles. The average Bonchev–Trinajstić information content (AvgIpc) is 3.11. The number of nitrogens with zero attached hydrogens (tertiary/aromatic N) is 6. The minimum Gasteiger partial charge on any atom is -0.342 e. The largest absolute Gasteiger partial charge is 0.342 e. The summed E-state index contributed by atoms with van der Waals surface area (Å²) < 4.78 is 2.65. The van der Waals surface area contributed by atoms with Crippen LogP contribution in [0.2, 0.25) is 0 Å². The molecule has 23 heavy (non-hydrogen) atoms. The van der Waals surface area contributed by atoms with E-state index < -0.39 is 0 Å².